The van der Waals surface area contributed by atoms with E-state index in [0.29, 0.717) is 11.7 Å². The Morgan fingerprint density at radius 1 is 1.13 bits per heavy atom. The second-order valence-electron chi connectivity index (χ2n) is 5.28. The summed E-state index contributed by atoms with van der Waals surface area (Å²) in [7, 11) is 0. The molecule has 0 heterocycles. The van der Waals surface area contributed by atoms with Crippen LogP contribution in [0.3, 0.4) is 0 Å². The molecule has 15 heavy (non-hydrogen) atoms. The number of hydrogen-bond donors (Lipinski definition) is 0. The zero-order valence-corrected chi connectivity index (χ0v) is 9.58. The molecule has 0 bridgehead atoms. The van der Waals surface area contributed by atoms with E-state index in [0.717, 1.165) is 31.1 Å². The molecule has 0 spiro atoms. The zero-order valence-electron chi connectivity index (χ0n) is 9.58. The molecule has 0 aromatic heterocycles. The summed E-state index contributed by atoms with van der Waals surface area (Å²) in [5.41, 5.74) is 0. The van der Waals surface area contributed by atoms with Gasteiger partial charge in [0.25, 0.3) is 0 Å². The molecule has 0 aliphatic heterocycles. The topological polar surface area (TPSA) is 17.1 Å². The van der Waals surface area contributed by atoms with Gasteiger partial charge in [0.2, 0.25) is 0 Å². The van der Waals surface area contributed by atoms with E-state index in [4.69, 9.17) is 0 Å². The summed E-state index contributed by atoms with van der Waals surface area (Å²) in [6.07, 6.45) is 11.2. The van der Waals surface area contributed by atoms with Crippen molar-refractivity contribution in [2.45, 2.75) is 51.4 Å². The van der Waals surface area contributed by atoms with Crippen LogP contribution in [0, 0.1) is 17.8 Å². The highest BCUT2D eigenvalue weighted by Gasteiger charge is 2.47. The number of Topliss-reactive ketones (excluding diaryl/α,β-unsaturated/α-hetero) is 1. The monoisotopic (exact) mass is 206 g/mol. The van der Waals surface area contributed by atoms with Gasteiger partial charge in [-0.2, -0.15) is 0 Å². The minimum Gasteiger partial charge on any atom is -0.299 e. The van der Waals surface area contributed by atoms with Gasteiger partial charge >= 0.3 is 0 Å². The van der Waals surface area contributed by atoms with Gasteiger partial charge in [-0.3, -0.25) is 4.79 Å². The number of ketones is 1. The minimum absolute atomic E-state index is 0.452. The van der Waals surface area contributed by atoms with Crippen molar-refractivity contribution in [3.8, 4) is 0 Å². The molecule has 2 atom stereocenters. The summed E-state index contributed by atoms with van der Waals surface area (Å²) < 4.78 is 0. The number of carbonyl (C=O) groups excluding carboxylic acids is 1. The van der Waals surface area contributed by atoms with Crippen LogP contribution in [0.1, 0.15) is 51.4 Å². The molecule has 0 radical (unpaired) electrons. The Labute approximate surface area is 92.9 Å². The minimum atomic E-state index is 0.452. The maximum atomic E-state index is 11.8. The van der Waals surface area contributed by atoms with Crippen molar-refractivity contribution in [3.63, 3.8) is 0 Å². The van der Waals surface area contributed by atoms with Crippen LogP contribution >= 0.6 is 0 Å². The molecule has 2 aliphatic rings. The van der Waals surface area contributed by atoms with Crippen LogP contribution in [-0.4, -0.2) is 5.78 Å². The Morgan fingerprint density at radius 3 is 2.53 bits per heavy atom. The fraction of sp³-hybridized carbons (Fsp3) is 0.786. The number of carbonyl (C=O) groups is 1. The zero-order chi connectivity index (χ0) is 10.7. The lowest BCUT2D eigenvalue weighted by atomic mass is 9.94. The number of hydrogen-bond acceptors (Lipinski definition) is 1. The Balaban J connectivity index is 1.54. The SMILES string of the molecule is C=CCCCCCC(=O)C1CC2CC2C1. The Bertz CT molecular complexity index is 234. The normalized spacial score (nSPS) is 32.4. The molecule has 0 N–H and O–H groups in total. The Morgan fingerprint density at radius 2 is 1.87 bits per heavy atom. The fourth-order valence-corrected chi connectivity index (χ4v) is 2.95. The first kappa shape index (κ1) is 10.9. The third kappa shape index (κ3) is 2.93. The predicted molar refractivity (Wildman–Crippen MR) is 62.6 cm³/mol. The summed E-state index contributed by atoms with van der Waals surface area (Å²) in [5.74, 6) is 2.90. The average Bonchev–Trinajstić information content (AvgIpc) is 2.85. The highest BCUT2D eigenvalue weighted by atomic mass is 16.1. The highest BCUT2D eigenvalue weighted by molar-refractivity contribution is 5.81. The molecule has 1 nitrogen and oxygen atoms in total. The lowest BCUT2D eigenvalue weighted by Gasteiger charge is -2.09. The van der Waals surface area contributed by atoms with Crippen molar-refractivity contribution in [1.82, 2.24) is 0 Å². The summed E-state index contributed by atoms with van der Waals surface area (Å²) in [6, 6.07) is 0. The molecule has 84 valence electrons. The largest absolute Gasteiger partial charge is 0.299 e. The van der Waals surface area contributed by atoms with Crippen molar-refractivity contribution < 1.29 is 4.79 Å². The molecule has 0 aromatic carbocycles. The van der Waals surface area contributed by atoms with E-state index in [2.05, 4.69) is 6.58 Å². The maximum Gasteiger partial charge on any atom is 0.135 e. The van der Waals surface area contributed by atoms with Crippen LogP contribution in [0.15, 0.2) is 12.7 Å². The van der Waals surface area contributed by atoms with Gasteiger partial charge in [0.15, 0.2) is 0 Å². The van der Waals surface area contributed by atoms with E-state index in [9.17, 15) is 4.79 Å². The van der Waals surface area contributed by atoms with Gasteiger partial charge in [-0.05, 0) is 50.4 Å². The molecule has 2 fully saturated rings. The summed E-state index contributed by atoms with van der Waals surface area (Å²) in [5, 5.41) is 0. The number of rotatable bonds is 7. The summed E-state index contributed by atoms with van der Waals surface area (Å²) in [6.45, 7) is 3.70. The van der Waals surface area contributed by atoms with Gasteiger partial charge in [-0.1, -0.05) is 12.5 Å². The lowest BCUT2D eigenvalue weighted by Crippen LogP contribution is -2.12. The molecule has 0 amide bonds. The molecular weight excluding hydrogens is 184 g/mol. The van der Waals surface area contributed by atoms with Gasteiger partial charge in [-0.25, -0.2) is 0 Å². The second kappa shape index (κ2) is 4.96. The van der Waals surface area contributed by atoms with Gasteiger partial charge in [0, 0.05) is 12.3 Å². The maximum absolute atomic E-state index is 11.8. The van der Waals surface area contributed by atoms with E-state index >= 15 is 0 Å². The molecule has 2 aliphatic carbocycles. The van der Waals surface area contributed by atoms with Gasteiger partial charge in [0.1, 0.15) is 5.78 Å². The van der Waals surface area contributed by atoms with Crippen LogP contribution in [0.25, 0.3) is 0 Å². The molecular formula is C14H22O. The van der Waals surface area contributed by atoms with Crippen molar-refractivity contribution in [2.24, 2.45) is 17.8 Å². The van der Waals surface area contributed by atoms with Gasteiger partial charge in [-0.15, -0.1) is 6.58 Å². The average molecular weight is 206 g/mol. The lowest BCUT2D eigenvalue weighted by molar-refractivity contribution is -0.123. The van der Waals surface area contributed by atoms with Crippen LogP contribution in [-0.2, 0) is 4.79 Å². The van der Waals surface area contributed by atoms with Crippen molar-refractivity contribution in [2.75, 3.05) is 0 Å². The molecule has 0 saturated heterocycles. The van der Waals surface area contributed by atoms with Crippen LogP contribution in [0.2, 0.25) is 0 Å². The summed E-state index contributed by atoms with van der Waals surface area (Å²) >= 11 is 0. The van der Waals surface area contributed by atoms with E-state index in [-0.39, 0.29) is 0 Å². The first-order chi connectivity index (χ1) is 7.31. The van der Waals surface area contributed by atoms with Crippen LogP contribution in [0.5, 0.6) is 0 Å². The first-order valence-electron chi connectivity index (χ1n) is 6.45. The standard InChI is InChI=1S/C14H22O/c1-2-3-4-5-6-7-14(15)13-9-11-8-12(11)10-13/h2,11-13H,1,3-10H2. The third-order valence-corrected chi connectivity index (χ3v) is 4.03. The van der Waals surface area contributed by atoms with Crippen molar-refractivity contribution >= 4 is 5.78 Å². The van der Waals surface area contributed by atoms with Crippen LogP contribution in [0.4, 0.5) is 0 Å². The smallest absolute Gasteiger partial charge is 0.135 e. The highest BCUT2D eigenvalue weighted by Crippen LogP contribution is 2.54. The van der Waals surface area contributed by atoms with Gasteiger partial charge in [0.05, 0.1) is 0 Å². The van der Waals surface area contributed by atoms with Crippen LogP contribution < -0.4 is 0 Å². The number of allylic oxidation sites excluding steroid dienone is 1. The molecule has 2 saturated carbocycles. The Hall–Kier alpha value is -0.590. The molecule has 0 aromatic rings. The van der Waals surface area contributed by atoms with E-state index in [1.807, 2.05) is 6.08 Å². The molecule has 1 heteroatoms. The predicted octanol–water partition coefficient (Wildman–Crippen LogP) is 3.74. The number of fused-ring (bicyclic) bond motifs is 1. The van der Waals surface area contributed by atoms with Gasteiger partial charge < -0.3 is 0 Å². The van der Waals surface area contributed by atoms with Crippen molar-refractivity contribution in [3.05, 3.63) is 12.7 Å². The third-order valence-electron chi connectivity index (χ3n) is 4.03. The Kier molecular flexibility index (Phi) is 3.61. The molecule has 2 rings (SSSR count). The number of unbranched alkanes of at least 4 members (excludes halogenated alkanes) is 3. The molecule has 2 unspecified atom stereocenters. The van der Waals surface area contributed by atoms with E-state index in [1.165, 1.54) is 32.1 Å². The van der Waals surface area contributed by atoms with Crippen molar-refractivity contribution in [1.29, 1.82) is 0 Å². The fourth-order valence-electron chi connectivity index (χ4n) is 2.95. The first-order valence-corrected chi connectivity index (χ1v) is 6.45. The van der Waals surface area contributed by atoms with E-state index in [1.54, 1.807) is 0 Å². The van der Waals surface area contributed by atoms with E-state index < -0.39 is 0 Å². The summed E-state index contributed by atoms with van der Waals surface area (Å²) in [4.78, 5) is 11.8. The second-order valence-corrected chi connectivity index (χ2v) is 5.28. The quantitative estimate of drug-likeness (QED) is 0.458.